The first-order valence-electron chi connectivity index (χ1n) is 10.5. The van der Waals surface area contributed by atoms with Gasteiger partial charge in [-0.05, 0) is 54.4 Å². The van der Waals surface area contributed by atoms with Crippen LogP contribution in [0.1, 0.15) is 24.1 Å². The first-order chi connectivity index (χ1) is 16.0. The van der Waals surface area contributed by atoms with E-state index in [4.69, 9.17) is 9.47 Å². The van der Waals surface area contributed by atoms with Crippen LogP contribution in [-0.4, -0.2) is 19.0 Å². The van der Waals surface area contributed by atoms with Crippen molar-refractivity contribution in [3.05, 3.63) is 101 Å². The molecular formula is C26H25N3O4. The number of allylic oxidation sites excluding steroid dienone is 1. The number of urea groups is 1. The lowest BCUT2D eigenvalue weighted by Gasteiger charge is -2.28. The standard InChI is InChI=1S/C26H25N3O4/c1-17-23(25(30)28-20-10-14-21(32-2)15-11-20)24(29-26(31)27-17)19-8-12-22(13-9-19)33-16-18-6-4-3-5-7-18/h3-15,24H,16H2,1-2H3,(H,28,30)(H2,27,29,31)/t24-/m0/s1. The number of methoxy groups -OCH3 is 1. The summed E-state index contributed by atoms with van der Waals surface area (Å²) in [7, 11) is 1.58. The minimum Gasteiger partial charge on any atom is -0.497 e. The van der Waals surface area contributed by atoms with Crippen LogP contribution in [0.2, 0.25) is 0 Å². The number of hydrogen-bond donors (Lipinski definition) is 3. The van der Waals surface area contributed by atoms with Gasteiger partial charge in [-0.15, -0.1) is 0 Å². The Morgan fingerprint density at radius 2 is 1.61 bits per heavy atom. The molecule has 1 aliphatic rings. The fraction of sp³-hybridized carbons (Fsp3) is 0.154. The summed E-state index contributed by atoms with van der Waals surface area (Å²) in [6, 6.07) is 23.4. The van der Waals surface area contributed by atoms with Gasteiger partial charge in [0.2, 0.25) is 0 Å². The normalized spacial score (nSPS) is 15.3. The molecule has 1 heterocycles. The largest absolute Gasteiger partial charge is 0.497 e. The third-order valence-electron chi connectivity index (χ3n) is 5.32. The Morgan fingerprint density at radius 3 is 2.27 bits per heavy atom. The molecule has 0 bridgehead atoms. The number of hydrogen-bond acceptors (Lipinski definition) is 4. The molecule has 0 spiro atoms. The van der Waals surface area contributed by atoms with Gasteiger partial charge in [-0.25, -0.2) is 4.79 Å². The van der Waals surface area contributed by atoms with Gasteiger partial charge in [0.05, 0.1) is 18.7 Å². The quantitative estimate of drug-likeness (QED) is 0.500. The zero-order valence-electron chi connectivity index (χ0n) is 18.4. The molecule has 0 saturated heterocycles. The molecule has 3 aromatic rings. The smallest absolute Gasteiger partial charge is 0.319 e. The summed E-state index contributed by atoms with van der Waals surface area (Å²) >= 11 is 0. The number of rotatable bonds is 7. The van der Waals surface area contributed by atoms with Gasteiger partial charge in [0, 0.05) is 11.4 Å². The van der Waals surface area contributed by atoms with E-state index in [1.165, 1.54) is 0 Å². The summed E-state index contributed by atoms with van der Waals surface area (Å²) in [6.45, 7) is 2.17. The number of ether oxygens (including phenoxy) is 2. The molecule has 0 saturated carbocycles. The maximum Gasteiger partial charge on any atom is 0.319 e. The van der Waals surface area contributed by atoms with Crippen LogP contribution in [-0.2, 0) is 11.4 Å². The van der Waals surface area contributed by atoms with Gasteiger partial charge >= 0.3 is 6.03 Å². The topological polar surface area (TPSA) is 88.7 Å². The van der Waals surface area contributed by atoms with E-state index in [0.29, 0.717) is 35.1 Å². The highest BCUT2D eigenvalue weighted by atomic mass is 16.5. The second-order valence-electron chi connectivity index (χ2n) is 7.60. The lowest BCUT2D eigenvalue weighted by Crippen LogP contribution is -2.45. The highest BCUT2D eigenvalue weighted by Crippen LogP contribution is 2.29. The monoisotopic (exact) mass is 443 g/mol. The average Bonchev–Trinajstić information content (AvgIpc) is 2.83. The van der Waals surface area contributed by atoms with E-state index in [2.05, 4.69) is 16.0 Å². The summed E-state index contributed by atoms with van der Waals surface area (Å²) in [5.74, 6) is 1.09. The maximum atomic E-state index is 13.1. The van der Waals surface area contributed by atoms with Gasteiger partial charge in [-0.1, -0.05) is 42.5 Å². The SMILES string of the molecule is COc1ccc(NC(=O)C2=C(C)NC(=O)N[C@H]2c2ccc(OCc3ccccc3)cc2)cc1. The van der Waals surface area contributed by atoms with Gasteiger partial charge < -0.3 is 25.4 Å². The second-order valence-corrected chi connectivity index (χ2v) is 7.60. The molecular weight excluding hydrogens is 418 g/mol. The third-order valence-corrected chi connectivity index (χ3v) is 5.32. The first kappa shape index (κ1) is 22.0. The Bertz CT molecular complexity index is 1160. The molecule has 1 aliphatic heterocycles. The van der Waals surface area contributed by atoms with E-state index in [9.17, 15) is 9.59 Å². The van der Waals surface area contributed by atoms with E-state index in [1.54, 1.807) is 38.3 Å². The van der Waals surface area contributed by atoms with Crippen LogP contribution < -0.4 is 25.4 Å². The van der Waals surface area contributed by atoms with Crippen LogP contribution in [0.25, 0.3) is 0 Å². The van der Waals surface area contributed by atoms with E-state index >= 15 is 0 Å². The van der Waals surface area contributed by atoms with Crippen molar-refractivity contribution in [3.63, 3.8) is 0 Å². The summed E-state index contributed by atoms with van der Waals surface area (Å²) in [5.41, 5.74) is 3.41. The average molecular weight is 444 g/mol. The Kier molecular flexibility index (Phi) is 6.59. The van der Waals surface area contributed by atoms with E-state index in [1.807, 2.05) is 54.6 Å². The zero-order valence-corrected chi connectivity index (χ0v) is 18.4. The van der Waals surface area contributed by atoms with E-state index in [0.717, 1.165) is 11.1 Å². The molecule has 3 amide bonds. The Hall–Kier alpha value is -4.26. The van der Waals surface area contributed by atoms with Crippen molar-refractivity contribution in [2.45, 2.75) is 19.6 Å². The zero-order chi connectivity index (χ0) is 23.2. The number of amides is 3. The minimum atomic E-state index is -0.597. The van der Waals surface area contributed by atoms with Crippen molar-refractivity contribution < 1.29 is 19.1 Å². The van der Waals surface area contributed by atoms with Crippen LogP contribution in [0.4, 0.5) is 10.5 Å². The van der Waals surface area contributed by atoms with E-state index in [-0.39, 0.29) is 11.9 Å². The number of benzene rings is 3. The molecule has 4 rings (SSSR count). The third kappa shape index (κ3) is 5.33. The van der Waals surface area contributed by atoms with Crippen LogP contribution in [0.3, 0.4) is 0 Å². The predicted molar refractivity (Wildman–Crippen MR) is 126 cm³/mol. The molecule has 3 aromatic carbocycles. The fourth-order valence-corrected chi connectivity index (χ4v) is 3.62. The molecule has 3 N–H and O–H groups in total. The van der Waals surface area contributed by atoms with Gasteiger partial charge in [-0.2, -0.15) is 0 Å². The maximum absolute atomic E-state index is 13.1. The number of carbonyl (C=O) groups excluding carboxylic acids is 2. The minimum absolute atomic E-state index is 0.306. The lowest BCUT2D eigenvalue weighted by molar-refractivity contribution is -0.113. The van der Waals surface area contributed by atoms with Crippen molar-refractivity contribution in [1.29, 1.82) is 0 Å². The van der Waals surface area contributed by atoms with Crippen LogP contribution in [0.5, 0.6) is 11.5 Å². The van der Waals surface area contributed by atoms with Gasteiger partial charge in [-0.3, -0.25) is 4.79 Å². The number of nitrogens with one attached hydrogen (secondary N) is 3. The van der Waals surface area contributed by atoms with Crippen LogP contribution >= 0.6 is 0 Å². The first-order valence-corrected chi connectivity index (χ1v) is 10.5. The molecule has 168 valence electrons. The van der Waals surface area contributed by atoms with Crippen molar-refractivity contribution >= 4 is 17.6 Å². The van der Waals surface area contributed by atoms with Gasteiger partial charge in [0.1, 0.15) is 18.1 Å². The summed E-state index contributed by atoms with van der Waals surface area (Å²) in [4.78, 5) is 25.3. The molecule has 0 unspecified atom stereocenters. The lowest BCUT2D eigenvalue weighted by atomic mass is 9.94. The van der Waals surface area contributed by atoms with E-state index < -0.39 is 6.04 Å². The molecule has 0 radical (unpaired) electrons. The highest BCUT2D eigenvalue weighted by molar-refractivity contribution is 6.06. The molecule has 0 fully saturated rings. The number of anilines is 1. The van der Waals surface area contributed by atoms with Crippen molar-refractivity contribution in [1.82, 2.24) is 10.6 Å². The Labute approximate surface area is 192 Å². The summed E-state index contributed by atoms with van der Waals surface area (Å²) in [6.07, 6.45) is 0. The van der Waals surface area contributed by atoms with Crippen molar-refractivity contribution in [2.24, 2.45) is 0 Å². The van der Waals surface area contributed by atoms with Crippen molar-refractivity contribution in [2.75, 3.05) is 12.4 Å². The summed E-state index contributed by atoms with van der Waals surface area (Å²) in [5, 5.41) is 8.42. The highest BCUT2D eigenvalue weighted by Gasteiger charge is 2.31. The predicted octanol–water partition coefficient (Wildman–Crippen LogP) is 4.54. The van der Waals surface area contributed by atoms with Gasteiger partial charge in [0.25, 0.3) is 5.91 Å². The fourth-order valence-electron chi connectivity index (χ4n) is 3.62. The van der Waals surface area contributed by atoms with Crippen LogP contribution in [0.15, 0.2) is 90.1 Å². The summed E-state index contributed by atoms with van der Waals surface area (Å²) < 4.78 is 11.0. The molecule has 0 aromatic heterocycles. The molecule has 33 heavy (non-hydrogen) atoms. The molecule has 1 atom stereocenters. The molecule has 0 aliphatic carbocycles. The number of carbonyl (C=O) groups is 2. The van der Waals surface area contributed by atoms with Crippen LogP contribution in [0, 0.1) is 0 Å². The van der Waals surface area contributed by atoms with Gasteiger partial charge in [0.15, 0.2) is 0 Å². The Balaban J connectivity index is 1.51. The molecule has 7 nitrogen and oxygen atoms in total. The Morgan fingerprint density at radius 1 is 0.939 bits per heavy atom. The molecule has 7 heteroatoms. The second kappa shape index (κ2) is 9.91. The van der Waals surface area contributed by atoms with Crippen molar-refractivity contribution in [3.8, 4) is 11.5 Å².